The van der Waals surface area contributed by atoms with Crippen LogP contribution in [-0.2, 0) is 23.0 Å². The highest BCUT2D eigenvalue weighted by molar-refractivity contribution is 7.89. The van der Waals surface area contributed by atoms with Crippen molar-refractivity contribution in [2.75, 3.05) is 6.54 Å². The molecule has 7 heteroatoms. The Labute approximate surface area is 140 Å². The minimum absolute atomic E-state index is 0.125. The molecule has 0 radical (unpaired) electrons. The molecule has 2 rings (SSSR count). The highest BCUT2D eigenvalue weighted by atomic mass is 35.5. The molecule has 0 aliphatic carbocycles. The first-order valence-corrected chi connectivity index (χ1v) is 8.93. The lowest BCUT2D eigenvalue weighted by molar-refractivity contribution is 0.597. The molecule has 0 amide bonds. The molecule has 0 unspecified atom stereocenters. The van der Waals surface area contributed by atoms with Crippen LogP contribution >= 0.6 is 23.2 Å². The molecule has 0 atom stereocenters. The Balaban J connectivity index is 1.82. The highest BCUT2D eigenvalue weighted by Gasteiger charge is 2.06. The van der Waals surface area contributed by atoms with Crippen LogP contribution in [0.5, 0.6) is 0 Å². The van der Waals surface area contributed by atoms with E-state index in [1.54, 1.807) is 18.2 Å². The summed E-state index contributed by atoms with van der Waals surface area (Å²) >= 11 is 11.8. The van der Waals surface area contributed by atoms with Crippen molar-refractivity contribution in [1.82, 2.24) is 5.32 Å². The molecule has 0 aliphatic heterocycles. The average molecular weight is 359 g/mol. The van der Waals surface area contributed by atoms with Crippen LogP contribution in [0, 0.1) is 0 Å². The molecule has 0 bridgehead atoms. The molecule has 4 nitrogen and oxygen atoms in total. The van der Waals surface area contributed by atoms with Crippen LogP contribution in [0.1, 0.15) is 11.1 Å². The summed E-state index contributed by atoms with van der Waals surface area (Å²) in [4.78, 5) is 0.125. The molecule has 2 aromatic rings. The molecule has 0 aliphatic rings. The van der Waals surface area contributed by atoms with Crippen LogP contribution in [0.4, 0.5) is 0 Å². The zero-order valence-electron chi connectivity index (χ0n) is 11.7. The zero-order valence-corrected chi connectivity index (χ0v) is 14.0. The minimum Gasteiger partial charge on any atom is -0.312 e. The van der Waals surface area contributed by atoms with Gasteiger partial charge < -0.3 is 5.32 Å². The number of nitrogens with one attached hydrogen (secondary N) is 1. The molecule has 2 aromatic carbocycles. The van der Waals surface area contributed by atoms with E-state index in [0.717, 1.165) is 24.1 Å². The third kappa shape index (κ3) is 4.97. The van der Waals surface area contributed by atoms with E-state index in [4.69, 9.17) is 28.3 Å². The van der Waals surface area contributed by atoms with E-state index in [9.17, 15) is 8.42 Å². The number of nitrogens with two attached hydrogens (primary N) is 1. The van der Waals surface area contributed by atoms with Gasteiger partial charge in [-0.2, -0.15) is 0 Å². The van der Waals surface area contributed by atoms with Crippen molar-refractivity contribution >= 4 is 33.2 Å². The van der Waals surface area contributed by atoms with Gasteiger partial charge in [0.05, 0.1) is 14.9 Å². The number of hydrogen-bond donors (Lipinski definition) is 2. The Hall–Kier alpha value is -1.11. The second-order valence-corrected chi connectivity index (χ2v) is 7.24. The van der Waals surface area contributed by atoms with Crippen LogP contribution in [0.25, 0.3) is 0 Å². The second-order valence-electron chi connectivity index (χ2n) is 4.86. The largest absolute Gasteiger partial charge is 0.312 e. The normalized spacial score (nSPS) is 11.6. The van der Waals surface area contributed by atoms with E-state index in [-0.39, 0.29) is 4.90 Å². The Morgan fingerprint density at radius 3 is 2.18 bits per heavy atom. The minimum atomic E-state index is -3.63. The first-order valence-electron chi connectivity index (χ1n) is 6.62. The second kappa shape index (κ2) is 7.44. The maximum Gasteiger partial charge on any atom is 0.238 e. The van der Waals surface area contributed by atoms with Crippen molar-refractivity contribution in [3.05, 3.63) is 63.6 Å². The predicted octanol–water partition coefficient (Wildman–Crippen LogP) is 2.97. The fraction of sp³-hybridized carbons (Fsp3) is 0.200. The van der Waals surface area contributed by atoms with Gasteiger partial charge in [0.25, 0.3) is 0 Å². The number of benzene rings is 2. The molecule has 0 saturated carbocycles. The van der Waals surface area contributed by atoms with E-state index in [1.165, 1.54) is 12.1 Å². The molecular weight excluding hydrogens is 343 g/mol. The molecule has 22 heavy (non-hydrogen) atoms. The quantitative estimate of drug-likeness (QED) is 0.779. The van der Waals surface area contributed by atoms with Crippen LogP contribution in [-0.4, -0.2) is 15.0 Å². The fourth-order valence-corrected chi connectivity index (χ4v) is 2.80. The third-order valence-electron chi connectivity index (χ3n) is 3.16. The van der Waals surface area contributed by atoms with Gasteiger partial charge in [-0.3, -0.25) is 0 Å². The number of halogens is 2. The molecule has 118 valence electrons. The molecule has 0 aromatic heterocycles. The van der Waals surface area contributed by atoms with Gasteiger partial charge in [0.1, 0.15) is 0 Å². The maximum atomic E-state index is 11.2. The van der Waals surface area contributed by atoms with E-state index >= 15 is 0 Å². The molecule has 0 saturated heterocycles. The van der Waals surface area contributed by atoms with E-state index in [2.05, 4.69) is 5.32 Å². The number of hydrogen-bond acceptors (Lipinski definition) is 3. The molecule has 0 spiro atoms. The lowest BCUT2D eigenvalue weighted by Gasteiger charge is -2.07. The van der Waals surface area contributed by atoms with Gasteiger partial charge in [-0.25, -0.2) is 13.6 Å². The first kappa shape index (κ1) is 17.2. The fourth-order valence-electron chi connectivity index (χ4n) is 1.96. The van der Waals surface area contributed by atoms with E-state index in [0.29, 0.717) is 16.6 Å². The van der Waals surface area contributed by atoms with Crippen molar-refractivity contribution in [1.29, 1.82) is 0 Å². The summed E-state index contributed by atoms with van der Waals surface area (Å²) in [6.45, 7) is 1.45. The number of primary sulfonamides is 1. The van der Waals surface area contributed by atoms with Crippen LogP contribution in [0.3, 0.4) is 0 Å². The predicted molar refractivity (Wildman–Crippen MR) is 89.7 cm³/mol. The summed E-state index contributed by atoms with van der Waals surface area (Å²) in [7, 11) is -3.63. The summed E-state index contributed by atoms with van der Waals surface area (Å²) in [5.74, 6) is 0. The van der Waals surface area contributed by atoms with Crippen molar-refractivity contribution in [2.24, 2.45) is 5.14 Å². The average Bonchev–Trinajstić information content (AvgIpc) is 2.47. The van der Waals surface area contributed by atoms with Gasteiger partial charge in [0, 0.05) is 6.54 Å². The van der Waals surface area contributed by atoms with Crippen molar-refractivity contribution in [2.45, 2.75) is 17.9 Å². The maximum absolute atomic E-state index is 11.2. The smallest absolute Gasteiger partial charge is 0.238 e. The van der Waals surface area contributed by atoms with Crippen molar-refractivity contribution < 1.29 is 8.42 Å². The Morgan fingerprint density at radius 2 is 1.59 bits per heavy atom. The van der Waals surface area contributed by atoms with Crippen LogP contribution in [0.15, 0.2) is 47.4 Å². The summed E-state index contributed by atoms with van der Waals surface area (Å²) in [5, 5.41) is 9.44. The molecule has 0 fully saturated rings. The van der Waals surface area contributed by atoms with Crippen LogP contribution in [0.2, 0.25) is 10.0 Å². The van der Waals surface area contributed by atoms with Crippen LogP contribution < -0.4 is 10.5 Å². The summed E-state index contributed by atoms with van der Waals surface area (Å²) in [5.41, 5.74) is 2.09. The highest BCUT2D eigenvalue weighted by Crippen LogP contribution is 2.22. The number of sulfonamides is 1. The molecule has 3 N–H and O–H groups in total. The Morgan fingerprint density at radius 1 is 0.955 bits per heavy atom. The van der Waals surface area contributed by atoms with E-state index in [1.807, 2.05) is 12.1 Å². The summed E-state index contributed by atoms with van der Waals surface area (Å²) in [6, 6.07) is 12.1. The lowest BCUT2D eigenvalue weighted by Crippen LogP contribution is -2.17. The summed E-state index contributed by atoms with van der Waals surface area (Å²) in [6.07, 6.45) is 0.784. The van der Waals surface area contributed by atoms with Gasteiger partial charge in [-0.05, 0) is 48.4 Å². The van der Waals surface area contributed by atoms with Gasteiger partial charge in [-0.1, -0.05) is 41.4 Å². The Bertz CT molecular complexity index is 747. The molecular formula is C15H16Cl2N2O2S. The lowest BCUT2D eigenvalue weighted by atomic mass is 10.1. The van der Waals surface area contributed by atoms with Gasteiger partial charge in [0.2, 0.25) is 10.0 Å². The summed E-state index contributed by atoms with van der Waals surface area (Å²) < 4.78 is 22.3. The topological polar surface area (TPSA) is 72.2 Å². The zero-order chi connectivity index (χ0) is 16.2. The molecule has 0 heterocycles. The van der Waals surface area contributed by atoms with Gasteiger partial charge >= 0.3 is 0 Å². The monoisotopic (exact) mass is 358 g/mol. The van der Waals surface area contributed by atoms with Gasteiger partial charge in [0.15, 0.2) is 0 Å². The van der Waals surface area contributed by atoms with Crippen molar-refractivity contribution in [3.63, 3.8) is 0 Å². The SMILES string of the molecule is NS(=O)(=O)c1ccc(CCNCc2ccc(Cl)c(Cl)c2)cc1. The van der Waals surface area contributed by atoms with Crippen molar-refractivity contribution in [3.8, 4) is 0 Å². The van der Waals surface area contributed by atoms with E-state index < -0.39 is 10.0 Å². The number of rotatable bonds is 6. The van der Waals surface area contributed by atoms with Gasteiger partial charge in [-0.15, -0.1) is 0 Å². The third-order valence-corrected chi connectivity index (χ3v) is 4.82. The first-order chi connectivity index (χ1) is 10.4. The standard InChI is InChI=1S/C15H16Cl2N2O2S/c16-14-6-3-12(9-15(14)17)10-19-8-7-11-1-4-13(5-2-11)22(18,20)21/h1-6,9,19H,7-8,10H2,(H2,18,20,21). The Kier molecular flexibility index (Phi) is 5.83.